The van der Waals surface area contributed by atoms with Gasteiger partial charge in [-0.05, 0) is 12.8 Å². The monoisotopic (exact) mass is 216 g/mol. The summed E-state index contributed by atoms with van der Waals surface area (Å²) in [5.41, 5.74) is -1.04. The average molecular weight is 216 g/mol. The standard InChI is InChI=1S/C10H20N2O3/c13-6-10(7-14,8-15)12-9-4-2-1-3-5-11-9/h13-15H,1-8H2,(H,11,12). The van der Waals surface area contributed by atoms with Crippen molar-refractivity contribution in [2.75, 3.05) is 26.4 Å². The smallest absolute Gasteiger partial charge is 0.108 e. The summed E-state index contributed by atoms with van der Waals surface area (Å²) in [6, 6.07) is 0. The van der Waals surface area contributed by atoms with Crippen molar-refractivity contribution in [2.45, 2.75) is 31.2 Å². The molecule has 5 nitrogen and oxygen atoms in total. The molecule has 0 saturated heterocycles. The van der Waals surface area contributed by atoms with Crippen LogP contribution in [-0.4, -0.2) is 53.1 Å². The van der Waals surface area contributed by atoms with Gasteiger partial charge in [0.05, 0.1) is 25.7 Å². The van der Waals surface area contributed by atoms with E-state index in [1.807, 2.05) is 0 Å². The van der Waals surface area contributed by atoms with Gasteiger partial charge in [0.2, 0.25) is 0 Å². The Morgan fingerprint density at radius 1 is 1.07 bits per heavy atom. The first-order chi connectivity index (χ1) is 7.26. The highest BCUT2D eigenvalue weighted by Gasteiger charge is 2.28. The molecule has 0 aromatic rings. The fourth-order valence-corrected chi connectivity index (χ4v) is 1.55. The van der Waals surface area contributed by atoms with Gasteiger partial charge in [0, 0.05) is 13.0 Å². The molecule has 88 valence electrons. The molecule has 1 heterocycles. The minimum absolute atomic E-state index is 0.307. The van der Waals surface area contributed by atoms with Gasteiger partial charge in [-0.2, -0.15) is 0 Å². The molecule has 0 fully saturated rings. The first kappa shape index (κ1) is 12.4. The van der Waals surface area contributed by atoms with E-state index in [2.05, 4.69) is 10.3 Å². The molecule has 0 aromatic heterocycles. The predicted octanol–water partition coefficient (Wildman–Crippen LogP) is -0.736. The van der Waals surface area contributed by atoms with Gasteiger partial charge in [-0.15, -0.1) is 0 Å². The number of amidine groups is 1. The molecule has 0 atom stereocenters. The molecule has 0 amide bonds. The van der Waals surface area contributed by atoms with Crippen LogP contribution in [0.25, 0.3) is 0 Å². The lowest BCUT2D eigenvalue weighted by Crippen LogP contribution is -2.57. The lowest BCUT2D eigenvalue weighted by atomic mass is 10.0. The summed E-state index contributed by atoms with van der Waals surface area (Å²) in [5.74, 6) is 0.782. The van der Waals surface area contributed by atoms with Gasteiger partial charge < -0.3 is 20.6 Å². The van der Waals surface area contributed by atoms with Crippen molar-refractivity contribution in [1.82, 2.24) is 5.32 Å². The number of hydrogen-bond acceptors (Lipinski definition) is 5. The Hall–Kier alpha value is -0.650. The van der Waals surface area contributed by atoms with E-state index in [4.69, 9.17) is 15.3 Å². The van der Waals surface area contributed by atoms with Crippen molar-refractivity contribution in [2.24, 2.45) is 4.99 Å². The predicted molar refractivity (Wildman–Crippen MR) is 57.9 cm³/mol. The maximum absolute atomic E-state index is 9.14. The zero-order valence-corrected chi connectivity index (χ0v) is 8.95. The van der Waals surface area contributed by atoms with Gasteiger partial charge in [-0.3, -0.25) is 4.99 Å². The molecule has 0 radical (unpaired) electrons. The van der Waals surface area contributed by atoms with Gasteiger partial charge in [-0.1, -0.05) is 6.42 Å². The number of hydrogen-bond donors (Lipinski definition) is 4. The van der Waals surface area contributed by atoms with E-state index in [0.717, 1.165) is 38.1 Å². The zero-order chi connectivity index (χ0) is 11.1. The van der Waals surface area contributed by atoms with Crippen LogP contribution in [0.3, 0.4) is 0 Å². The lowest BCUT2D eigenvalue weighted by molar-refractivity contribution is 0.0554. The molecular formula is C10H20N2O3. The molecule has 0 unspecified atom stereocenters. The minimum Gasteiger partial charge on any atom is -0.394 e. The summed E-state index contributed by atoms with van der Waals surface area (Å²) < 4.78 is 0. The van der Waals surface area contributed by atoms with Crippen LogP contribution < -0.4 is 5.32 Å². The second-order valence-electron chi connectivity index (χ2n) is 4.02. The second-order valence-corrected chi connectivity index (χ2v) is 4.02. The Morgan fingerprint density at radius 2 is 1.73 bits per heavy atom. The number of aliphatic imine (C=N–C) groups is 1. The third-order valence-electron chi connectivity index (χ3n) is 2.69. The first-order valence-electron chi connectivity index (χ1n) is 5.40. The van der Waals surface area contributed by atoms with Crippen LogP contribution in [0.4, 0.5) is 0 Å². The summed E-state index contributed by atoms with van der Waals surface area (Å²) >= 11 is 0. The fourth-order valence-electron chi connectivity index (χ4n) is 1.55. The zero-order valence-electron chi connectivity index (χ0n) is 8.95. The summed E-state index contributed by atoms with van der Waals surface area (Å²) in [4.78, 5) is 4.32. The van der Waals surface area contributed by atoms with E-state index in [9.17, 15) is 0 Å². The van der Waals surface area contributed by atoms with Crippen LogP contribution in [-0.2, 0) is 0 Å². The average Bonchev–Trinajstić information content (AvgIpc) is 2.54. The van der Waals surface area contributed by atoms with Crippen LogP contribution in [0.2, 0.25) is 0 Å². The van der Waals surface area contributed by atoms with E-state index in [0.29, 0.717) is 0 Å². The topological polar surface area (TPSA) is 85.1 Å². The summed E-state index contributed by atoms with van der Waals surface area (Å²) in [6.07, 6.45) is 4.11. The van der Waals surface area contributed by atoms with Crippen LogP contribution >= 0.6 is 0 Å². The van der Waals surface area contributed by atoms with Crippen LogP contribution in [0.15, 0.2) is 4.99 Å². The minimum atomic E-state index is -1.04. The van der Waals surface area contributed by atoms with Gasteiger partial charge in [0.25, 0.3) is 0 Å². The van der Waals surface area contributed by atoms with Crippen molar-refractivity contribution in [3.8, 4) is 0 Å². The number of nitrogens with one attached hydrogen (secondary N) is 1. The summed E-state index contributed by atoms with van der Waals surface area (Å²) in [7, 11) is 0. The third-order valence-corrected chi connectivity index (χ3v) is 2.69. The van der Waals surface area contributed by atoms with E-state index in [1.165, 1.54) is 0 Å². The van der Waals surface area contributed by atoms with Crippen LogP contribution in [0, 0.1) is 0 Å². The van der Waals surface area contributed by atoms with Crippen molar-refractivity contribution in [3.05, 3.63) is 0 Å². The van der Waals surface area contributed by atoms with E-state index in [1.54, 1.807) is 0 Å². The van der Waals surface area contributed by atoms with Crippen molar-refractivity contribution >= 4 is 5.84 Å². The molecule has 0 aromatic carbocycles. The largest absolute Gasteiger partial charge is 0.394 e. The Balaban J connectivity index is 2.59. The maximum Gasteiger partial charge on any atom is 0.108 e. The van der Waals surface area contributed by atoms with Crippen molar-refractivity contribution < 1.29 is 15.3 Å². The molecule has 0 bridgehead atoms. The molecule has 15 heavy (non-hydrogen) atoms. The third kappa shape index (κ3) is 3.44. The highest BCUT2D eigenvalue weighted by molar-refractivity contribution is 5.83. The number of aliphatic hydroxyl groups is 3. The molecule has 1 aliphatic rings. The highest BCUT2D eigenvalue weighted by Crippen LogP contribution is 2.09. The van der Waals surface area contributed by atoms with Gasteiger partial charge in [-0.25, -0.2) is 0 Å². The Kier molecular flexibility index (Phi) is 5.01. The normalized spacial score (nSPS) is 18.2. The summed E-state index contributed by atoms with van der Waals surface area (Å²) in [5, 5.41) is 30.4. The van der Waals surface area contributed by atoms with E-state index in [-0.39, 0.29) is 19.8 Å². The molecule has 0 saturated carbocycles. The quantitative estimate of drug-likeness (QED) is 0.499. The molecule has 0 spiro atoms. The van der Waals surface area contributed by atoms with Crippen molar-refractivity contribution in [3.63, 3.8) is 0 Å². The molecule has 5 heteroatoms. The van der Waals surface area contributed by atoms with Crippen molar-refractivity contribution in [1.29, 1.82) is 0 Å². The molecule has 4 N–H and O–H groups in total. The molecular weight excluding hydrogens is 196 g/mol. The van der Waals surface area contributed by atoms with Gasteiger partial charge >= 0.3 is 0 Å². The molecule has 1 rings (SSSR count). The fraction of sp³-hybridized carbons (Fsp3) is 0.900. The van der Waals surface area contributed by atoms with Gasteiger partial charge in [0.15, 0.2) is 0 Å². The molecule has 1 aliphatic heterocycles. The SMILES string of the molecule is OCC(CO)(CO)NC1=NCCCCC1. The Labute approximate surface area is 89.8 Å². The lowest BCUT2D eigenvalue weighted by Gasteiger charge is -2.30. The maximum atomic E-state index is 9.14. The van der Waals surface area contributed by atoms with E-state index >= 15 is 0 Å². The summed E-state index contributed by atoms with van der Waals surface area (Å²) in [6.45, 7) is -0.141. The Bertz CT molecular complexity index is 206. The highest BCUT2D eigenvalue weighted by atomic mass is 16.3. The number of nitrogens with zero attached hydrogens (tertiary/aromatic N) is 1. The van der Waals surface area contributed by atoms with Crippen LogP contribution in [0.5, 0.6) is 0 Å². The second kappa shape index (κ2) is 6.05. The Morgan fingerprint density at radius 3 is 2.33 bits per heavy atom. The van der Waals surface area contributed by atoms with Gasteiger partial charge in [0.1, 0.15) is 5.54 Å². The van der Waals surface area contributed by atoms with Crippen LogP contribution in [0.1, 0.15) is 25.7 Å². The number of aliphatic hydroxyl groups excluding tert-OH is 3. The van der Waals surface area contributed by atoms with E-state index < -0.39 is 5.54 Å². The number of rotatable bonds is 4. The molecule has 0 aliphatic carbocycles. The first-order valence-corrected chi connectivity index (χ1v) is 5.40.